The fraction of sp³-hybridized carbons (Fsp3) is 0.571. The Morgan fingerprint density at radius 1 is 1.39 bits per heavy atom. The van der Waals surface area contributed by atoms with Crippen LogP contribution in [0.25, 0.3) is 0 Å². The predicted molar refractivity (Wildman–Crippen MR) is 71.9 cm³/mol. The first-order valence-corrected chi connectivity index (χ1v) is 7.50. The average Bonchev–Trinajstić information content (AvgIpc) is 3.17. The van der Waals surface area contributed by atoms with E-state index in [1.54, 1.807) is 0 Å². The number of thioether (sulfide) groups is 1. The van der Waals surface area contributed by atoms with Gasteiger partial charge in [0, 0.05) is 16.7 Å². The molecule has 1 fully saturated rings. The minimum atomic E-state index is -0.372. The standard InChI is InChI=1S/C14H19F2NS/c1-2-7-17-13(10-3-4-10)9-18-14-8-11(15)5-6-12(14)16/h5-6,8,10,13,17H,2-4,7,9H2,1H3. The predicted octanol–water partition coefficient (Wildman–Crippen LogP) is 3.84. The van der Waals surface area contributed by atoms with Crippen LogP contribution in [0.15, 0.2) is 23.1 Å². The highest BCUT2D eigenvalue weighted by Gasteiger charge is 2.30. The zero-order chi connectivity index (χ0) is 13.0. The molecule has 1 unspecified atom stereocenters. The molecule has 1 N–H and O–H groups in total. The summed E-state index contributed by atoms with van der Waals surface area (Å²) in [4.78, 5) is 0.416. The third-order valence-corrected chi connectivity index (χ3v) is 4.31. The van der Waals surface area contributed by atoms with Crippen molar-refractivity contribution < 1.29 is 8.78 Å². The molecular weight excluding hydrogens is 252 g/mol. The zero-order valence-corrected chi connectivity index (χ0v) is 11.4. The van der Waals surface area contributed by atoms with Crippen LogP contribution >= 0.6 is 11.8 Å². The highest BCUT2D eigenvalue weighted by atomic mass is 32.2. The van der Waals surface area contributed by atoms with E-state index in [-0.39, 0.29) is 11.6 Å². The second kappa shape index (κ2) is 6.53. The molecule has 2 rings (SSSR count). The smallest absolute Gasteiger partial charge is 0.136 e. The summed E-state index contributed by atoms with van der Waals surface area (Å²) in [5.74, 6) is 0.834. The van der Waals surface area contributed by atoms with E-state index in [1.807, 2.05) is 0 Å². The molecule has 1 aromatic rings. The maximum absolute atomic E-state index is 13.5. The largest absolute Gasteiger partial charge is 0.313 e. The second-order valence-electron chi connectivity index (χ2n) is 4.78. The van der Waals surface area contributed by atoms with Gasteiger partial charge < -0.3 is 5.32 Å². The third-order valence-electron chi connectivity index (χ3n) is 3.16. The van der Waals surface area contributed by atoms with Crippen LogP contribution in [0.5, 0.6) is 0 Å². The Balaban J connectivity index is 1.89. The van der Waals surface area contributed by atoms with E-state index in [1.165, 1.54) is 36.7 Å². The van der Waals surface area contributed by atoms with Crippen LogP contribution < -0.4 is 5.32 Å². The molecule has 0 radical (unpaired) electrons. The summed E-state index contributed by atoms with van der Waals surface area (Å²) < 4.78 is 26.5. The quantitative estimate of drug-likeness (QED) is 0.756. The van der Waals surface area contributed by atoms with Crippen LogP contribution in [0.1, 0.15) is 26.2 Å². The normalized spacial score (nSPS) is 16.8. The molecule has 1 saturated carbocycles. The lowest BCUT2D eigenvalue weighted by atomic mass is 10.2. The van der Waals surface area contributed by atoms with E-state index >= 15 is 0 Å². The van der Waals surface area contributed by atoms with Gasteiger partial charge in [-0.05, 0) is 49.9 Å². The summed E-state index contributed by atoms with van der Waals surface area (Å²) >= 11 is 1.41. The van der Waals surface area contributed by atoms with Crippen molar-refractivity contribution in [3.05, 3.63) is 29.8 Å². The molecule has 0 heterocycles. The molecule has 1 atom stereocenters. The monoisotopic (exact) mass is 271 g/mol. The highest BCUT2D eigenvalue weighted by Crippen LogP contribution is 2.35. The maximum atomic E-state index is 13.5. The fourth-order valence-corrected chi connectivity index (χ4v) is 3.11. The Kier molecular flexibility index (Phi) is 5.01. The Bertz CT molecular complexity index is 393. The van der Waals surface area contributed by atoms with Crippen LogP contribution in [0.3, 0.4) is 0 Å². The van der Waals surface area contributed by atoms with Crippen molar-refractivity contribution in [3.8, 4) is 0 Å². The van der Waals surface area contributed by atoms with Gasteiger partial charge in [0.1, 0.15) is 11.6 Å². The Morgan fingerprint density at radius 2 is 2.17 bits per heavy atom. The van der Waals surface area contributed by atoms with Crippen LogP contribution in [-0.2, 0) is 0 Å². The lowest BCUT2D eigenvalue weighted by Crippen LogP contribution is -2.33. The molecule has 100 valence electrons. The minimum absolute atomic E-state index is 0.327. The SMILES string of the molecule is CCCNC(CSc1cc(F)ccc1F)C1CC1. The van der Waals surface area contributed by atoms with Crippen LogP contribution in [-0.4, -0.2) is 18.3 Å². The van der Waals surface area contributed by atoms with Gasteiger partial charge in [0.05, 0.1) is 0 Å². The first-order valence-electron chi connectivity index (χ1n) is 6.52. The molecule has 0 saturated heterocycles. The van der Waals surface area contributed by atoms with E-state index in [2.05, 4.69) is 12.2 Å². The van der Waals surface area contributed by atoms with Crippen molar-refractivity contribution in [1.82, 2.24) is 5.32 Å². The molecule has 0 bridgehead atoms. The molecule has 0 spiro atoms. The summed E-state index contributed by atoms with van der Waals surface area (Å²) in [5, 5.41) is 3.50. The molecule has 1 aromatic carbocycles. The second-order valence-corrected chi connectivity index (χ2v) is 5.85. The Hall–Kier alpha value is -0.610. The van der Waals surface area contributed by atoms with E-state index in [4.69, 9.17) is 0 Å². The molecule has 4 heteroatoms. The lowest BCUT2D eigenvalue weighted by molar-refractivity contribution is 0.502. The Labute approximate surface area is 111 Å². The van der Waals surface area contributed by atoms with Gasteiger partial charge in [0.2, 0.25) is 0 Å². The summed E-state index contributed by atoms with van der Waals surface area (Å²) in [6.45, 7) is 3.13. The molecule has 1 aliphatic rings. The van der Waals surface area contributed by atoms with Crippen molar-refractivity contribution in [1.29, 1.82) is 0 Å². The first-order chi connectivity index (χ1) is 8.70. The average molecular weight is 271 g/mol. The topological polar surface area (TPSA) is 12.0 Å². The van der Waals surface area contributed by atoms with Gasteiger partial charge in [-0.3, -0.25) is 0 Å². The van der Waals surface area contributed by atoms with E-state index in [0.717, 1.165) is 30.7 Å². The maximum Gasteiger partial charge on any atom is 0.136 e. The van der Waals surface area contributed by atoms with E-state index in [0.29, 0.717) is 10.9 Å². The van der Waals surface area contributed by atoms with Gasteiger partial charge in [-0.25, -0.2) is 8.78 Å². The minimum Gasteiger partial charge on any atom is -0.313 e. The number of rotatable bonds is 7. The summed E-state index contributed by atoms with van der Waals surface area (Å²) in [5.41, 5.74) is 0. The molecule has 0 aliphatic heterocycles. The van der Waals surface area contributed by atoms with Gasteiger partial charge in [0.15, 0.2) is 0 Å². The summed E-state index contributed by atoms with van der Waals surface area (Å²) in [7, 11) is 0. The van der Waals surface area contributed by atoms with Crippen LogP contribution in [0.2, 0.25) is 0 Å². The number of benzene rings is 1. The van der Waals surface area contributed by atoms with Gasteiger partial charge >= 0.3 is 0 Å². The van der Waals surface area contributed by atoms with Crippen LogP contribution in [0, 0.1) is 17.6 Å². The van der Waals surface area contributed by atoms with Crippen molar-refractivity contribution in [2.45, 2.75) is 37.1 Å². The number of halogens is 2. The number of hydrogen-bond donors (Lipinski definition) is 1. The van der Waals surface area contributed by atoms with Gasteiger partial charge in [-0.2, -0.15) is 0 Å². The molecule has 0 aromatic heterocycles. The fourth-order valence-electron chi connectivity index (χ4n) is 1.96. The van der Waals surface area contributed by atoms with Gasteiger partial charge in [-0.1, -0.05) is 6.92 Å². The molecule has 18 heavy (non-hydrogen) atoms. The highest BCUT2D eigenvalue weighted by molar-refractivity contribution is 7.99. The molecule has 1 nitrogen and oxygen atoms in total. The number of nitrogens with one attached hydrogen (secondary N) is 1. The van der Waals surface area contributed by atoms with Crippen LogP contribution in [0.4, 0.5) is 8.78 Å². The van der Waals surface area contributed by atoms with E-state index < -0.39 is 0 Å². The molecular formula is C14H19F2NS. The molecule has 0 amide bonds. The lowest BCUT2D eigenvalue weighted by Gasteiger charge is -2.17. The summed E-state index contributed by atoms with van der Waals surface area (Å²) in [6, 6.07) is 4.07. The van der Waals surface area contributed by atoms with Crippen molar-refractivity contribution in [2.24, 2.45) is 5.92 Å². The summed E-state index contributed by atoms with van der Waals surface area (Å²) in [6.07, 6.45) is 3.61. The van der Waals surface area contributed by atoms with Crippen molar-refractivity contribution in [2.75, 3.05) is 12.3 Å². The third kappa shape index (κ3) is 3.95. The molecule has 1 aliphatic carbocycles. The van der Waals surface area contributed by atoms with Crippen molar-refractivity contribution >= 4 is 11.8 Å². The number of hydrogen-bond acceptors (Lipinski definition) is 2. The first kappa shape index (κ1) is 13.8. The van der Waals surface area contributed by atoms with Gasteiger partial charge in [-0.15, -0.1) is 11.8 Å². The van der Waals surface area contributed by atoms with Gasteiger partial charge in [0.25, 0.3) is 0 Å². The van der Waals surface area contributed by atoms with Crippen molar-refractivity contribution in [3.63, 3.8) is 0 Å². The zero-order valence-electron chi connectivity index (χ0n) is 10.6. The van der Waals surface area contributed by atoms with E-state index in [9.17, 15) is 8.78 Å². The Morgan fingerprint density at radius 3 is 2.83 bits per heavy atom.